The molecule has 4 aromatic carbocycles. The molecule has 16 saturated carbocycles. The van der Waals surface area contributed by atoms with Gasteiger partial charge in [0.2, 0.25) is 0 Å². The third kappa shape index (κ3) is 9.14. The van der Waals surface area contributed by atoms with Crippen LogP contribution in [0.4, 0.5) is 0 Å². The van der Waals surface area contributed by atoms with Crippen molar-refractivity contribution in [2.24, 2.45) is 166 Å². The van der Waals surface area contributed by atoms with Crippen LogP contribution < -0.4 is 21.7 Å². The second-order valence-corrected chi connectivity index (χ2v) is 40.4. The molecule has 36 atom stereocenters. The van der Waals surface area contributed by atoms with E-state index in [4.69, 9.17) is 36.6 Å². The van der Waals surface area contributed by atoms with E-state index in [2.05, 4.69) is 0 Å². The summed E-state index contributed by atoms with van der Waals surface area (Å²) in [5.74, 6) is 18.9. The largest absolute Gasteiger partial charge is 0.465 e. The van der Waals surface area contributed by atoms with Crippen molar-refractivity contribution < 1.29 is 55.8 Å². The Morgan fingerprint density at radius 2 is 0.457 bits per heavy atom. The number of rotatable bonds is 8. The van der Waals surface area contributed by atoms with E-state index >= 15 is 0 Å². The summed E-state index contributed by atoms with van der Waals surface area (Å²) in [6, 6.07) is 30.0. The highest BCUT2D eigenvalue weighted by molar-refractivity contribution is 5.88. The van der Waals surface area contributed by atoms with Crippen molar-refractivity contribution in [1.29, 1.82) is 0 Å². The Morgan fingerprint density at radius 3 is 0.655 bits per heavy atom. The van der Waals surface area contributed by atoms with E-state index in [0.29, 0.717) is 141 Å². The van der Waals surface area contributed by atoms with E-state index in [-0.39, 0.29) is 92.9 Å². The van der Waals surface area contributed by atoms with Gasteiger partial charge in [-0.05, 0) is 368 Å². The van der Waals surface area contributed by atoms with Crippen LogP contribution >= 0.6 is 0 Å². The van der Waals surface area contributed by atoms with Crippen LogP contribution in [0.3, 0.4) is 0 Å². The highest BCUT2D eigenvalue weighted by Gasteiger charge is 2.76. The predicted octanol–water partition coefficient (Wildman–Crippen LogP) is 17.9. The molecule has 4 heterocycles. The normalized spacial score (nSPS) is 42.9. The van der Waals surface area contributed by atoms with Crippen LogP contribution in [0, 0.1) is 166 Å². The van der Waals surface area contributed by atoms with Crippen LogP contribution in [0.15, 0.2) is 134 Å². The lowest BCUT2D eigenvalue weighted by Crippen LogP contribution is -2.38. The molecule has 16 bridgehead atoms. The summed E-state index contributed by atoms with van der Waals surface area (Å²) in [5, 5.41) is 2.62. The zero-order valence-electron chi connectivity index (χ0n) is 66.7. The van der Waals surface area contributed by atoms with Gasteiger partial charge in [0, 0.05) is 22.3 Å². The number of para-hydroxylation sites is 4. The lowest BCUT2D eigenvalue weighted by atomic mass is 9.62. The standard InChI is InChI=1S/4C25H26O4/c4*1-2-28-25(27)22-20-15-10-14(17-11-7-8-12(9-11)18(15)17)19(20)21-23(26)13-5-3-4-6-16(13)29-24(21)22/h4*3-6,11-12,14-15,17-20,22H,2,7-10H2,1H3/t4*11-,12+,14-,15+,17-,18+,19-,20+,22-/m1000/s1. The van der Waals surface area contributed by atoms with E-state index in [1.165, 1.54) is 103 Å². The van der Waals surface area contributed by atoms with Gasteiger partial charge in [-0.3, -0.25) is 38.4 Å². The fourth-order valence-electron chi connectivity index (χ4n) is 35.5. The molecule has 20 aliphatic carbocycles. The van der Waals surface area contributed by atoms with E-state index in [1.807, 2.05) is 125 Å². The second-order valence-electron chi connectivity index (χ2n) is 40.4. The summed E-state index contributed by atoms with van der Waals surface area (Å²) in [6.07, 6.45) is 21.2. The molecule has 116 heavy (non-hydrogen) atoms. The Kier molecular flexibility index (Phi) is 15.6. The summed E-state index contributed by atoms with van der Waals surface area (Å²) in [4.78, 5) is 107. The molecule has 8 aromatic rings. The molecule has 16 nitrogen and oxygen atoms in total. The summed E-state index contributed by atoms with van der Waals surface area (Å²) >= 11 is 0. The van der Waals surface area contributed by atoms with Gasteiger partial charge in [0.25, 0.3) is 0 Å². The maximum Gasteiger partial charge on any atom is 0.316 e. The first-order chi connectivity index (χ1) is 56.7. The minimum atomic E-state index is -0.401. The molecule has 28 rings (SSSR count). The Balaban J connectivity index is 0.0000000866. The van der Waals surface area contributed by atoms with Crippen molar-refractivity contribution in [3.05, 3.63) is 183 Å². The molecule has 20 aliphatic rings. The zero-order valence-corrected chi connectivity index (χ0v) is 66.7. The first-order valence-corrected chi connectivity index (χ1v) is 45.6. The molecular weight excluding hydrogens is 1460 g/mol. The third-order valence-electron chi connectivity index (χ3n) is 37.4. The fraction of sp³-hybridized carbons (Fsp3) is 0.600. The molecule has 0 radical (unpaired) electrons. The number of carbonyl (C=O) groups is 4. The van der Waals surface area contributed by atoms with E-state index in [1.54, 1.807) is 0 Å². The zero-order chi connectivity index (χ0) is 77.8. The summed E-state index contributed by atoms with van der Waals surface area (Å²) in [7, 11) is 0. The lowest BCUT2D eigenvalue weighted by Gasteiger charge is -2.41. The lowest BCUT2D eigenvalue weighted by molar-refractivity contribution is -0.148. The quantitative estimate of drug-likeness (QED) is 0.0783. The molecule has 16 fully saturated rings. The van der Waals surface area contributed by atoms with Crippen molar-refractivity contribution in [3.63, 3.8) is 0 Å². The van der Waals surface area contributed by atoms with Gasteiger partial charge in [-0.2, -0.15) is 0 Å². The van der Waals surface area contributed by atoms with Gasteiger partial charge >= 0.3 is 23.9 Å². The minimum absolute atomic E-state index is 0.0934. The van der Waals surface area contributed by atoms with Crippen LogP contribution in [-0.4, -0.2) is 50.3 Å². The van der Waals surface area contributed by atoms with Gasteiger partial charge in [-0.25, -0.2) is 0 Å². The molecule has 4 aromatic heterocycles. The highest BCUT2D eigenvalue weighted by Crippen LogP contribution is 2.81. The van der Waals surface area contributed by atoms with Gasteiger partial charge in [0.1, 0.15) is 69.0 Å². The predicted molar refractivity (Wildman–Crippen MR) is 430 cm³/mol. The van der Waals surface area contributed by atoms with Crippen LogP contribution in [0.25, 0.3) is 43.9 Å². The summed E-state index contributed by atoms with van der Waals surface area (Å²) in [6.45, 7) is 8.89. The Hall–Kier alpha value is -8.40. The van der Waals surface area contributed by atoms with Crippen LogP contribution in [-0.2, 0) is 38.1 Å². The molecule has 0 unspecified atom stereocenters. The van der Waals surface area contributed by atoms with Crippen molar-refractivity contribution in [1.82, 2.24) is 0 Å². The minimum Gasteiger partial charge on any atom is -0.465 e. The molecule has 600 valence electrons. The maximum absolute atomic E-state index is 13.6. The number of ether oxygens (including phenoxy) is 4. The van der Waals surface area contributed by atoms with Crippen LogP contribution in [0.2, 0.25) is 0 Å². The average molecular weight is 1560 g/mol. The van der Waals surface area contributed by atoms with Crippen molar-refractivity contribution >= 4 is 67.8 Å². The first kappa shape index (κ1) is 70.6. The second kappa shape index (κ2) is 25.6. The van der Waals surface area contributed by atoms with Gasteiger partial charge in [0.15, 0.2) is 21.7 Å². The summed E-state index contributed by atoms with van der Waals surface area (Å²) < 4.78 is 47.4. The topological polar surface area (TPSA) is 226 Å². The van der Waals surface area contributed by atoms with Crippen molar-refractivity contribution in [2.75, 3.05) is 26.4 Å². The van der Waals surface area contributed by atoms with Gasteiger partial charge < -0.3 is 36.6 Å². The third-order valence-corrected chi connectivity index (χ3v) is 37.4. The molecule has 16 heteroatoms. The Bertz CT molecular complexity index is 5100. The van der Waals surface area contributed by atoms with E-state index < -0.39 is 23.7 Å². The fourth-order valence-corrected chi connectivity index (χ4v) is 35.5. The van der Waals surface area contributed by atoms with Crippen molar-refractivity contribution in [3.8, 4) is 0 Å². The van der Waals surface area contributed by atoms with E-state index in [9.17, 15) is 38.4 Å². The van der Waals surface area contributed by atoms with Crippen molar-refractivity contribution in [2.45, 2.75) is 178 Å². The highest BCUT2D eigenvalue weighted by atomic mass is 16.5. The van der Waals surface area contributed by atoms with Crippen LogP contribution in [0.5, 0.6) is 0 Å². The number of hydrogen-bond donors (Lipinski definition) is 0. The molecule has 0 N–H and O–H groups in total. The average Bonchev–Trinajstić information content (AvgIpc) is 1.52. The number of hydrogen-bond acceptors (Lipinski definition) is 16. The molecule has 0 amide bonds. The number of esters is 4. The summed E-state index contributed by atoms with van der Waals surface area (Å²) in [5.41, 5.74) is 6.04. The SMILES string of the molecule is CCOC(=O)[C@@H]1c2oc3ccccc3c(=O)c2[C@H]2[C@H]3C[C@H]([C@H]4[C@@H]5CC[C@@H](C5)[C@@H]34)[C@H]21.CCOC(=O)[C@@H]1c2oc3ccccc3c(=O)c2[C@H]2[C@H]3C[C@H]([C@H]4[C@@H]5CC[C@@H](C5)[C@@H]34)[C@H]21.CCOC(=O)[C@@H]1c2oc3ccccc3c(=O)c2[C@H]2[C@H]3C[C@H]([C@H]4[C@@H]5CC[C@@H](C5)[C@@H]34)[C@H]21.CCOC(=O)[C@H]1c2oc3ccccc3c(=O)c2[C@@H]2[C@@H]3C[C@@H]([C@@H]4[C@H]5CC[C@H](C5)[C@H]34)[C@@H]21. The van der Waals surface area contributed by atoms with E-state index in [0.717, 1.165) is 117 Å². The first-order valence-electron chi connectivity index (χ1n) is 45.6. The van der Waals surface area contributed by atoms with Gasteiger partial charge in [-0.15, -0.1) is 0 Å². The number of benzene rings is 4. The number of fused-ring (bicyclic) bond motifs is 60. The monoisotopic (exact) mass is 1560 g/mol. The maximum atomic E-state index is 13.6. The number of carbonyl (C=O) groups excluding carboxylic acids is 4. The smallest absolute Gasteiger partial charge is 0.316 e. The molecule has 0 saturated heterocycles. The molecule has 0 spiro atoms. The van der Waals surface area contributed by atoms with Gasteiger partial charge in [-0.1, -0.05) is 48.5 Å². The molecular formula is C100H104O16. The Labute approximate surface area is 673 Å². The van der Waals surface area contributed by atoms with Crippen LogP contribution in [0.1, 0.15) is 223 Å². The van der Waals surface area contributed by atoms with Gasteiger partial charge in [0.05, 0.1) is 48.0 Å². The molecule has 0 aliphatic heterocycles. The Morgan fingerprint density at radius 1 is 0.267 bits per heavy atom.